The van der Waals surface area contributed by atoms with Crippen LogP contribution in [-0.4, -0.2) is 31.8 Å². The van der Waals surface area contributed by atoms with Gasteiger partial charge in [0.1, 0.15) is 12.4 Å². The van der Waals surface area contributed by atoms with Gasteiger partial charge in [-0.15, -0.1) is 0 Å². The molecule has 8 heteroatoms. The Bertz CT molecular complexity index is 1390. The first-order valence-electron chi connectivity index (χ1n) is 11.0. The predicted molar refractivity (Wildman–Crippen MR) is 121 cm³/mol. The van der Waals surface area contributed by atoms with Crippen LogP contribution in [0.3, 0.4) is 0 Å². The molecule has 4 aromatic rings. The Labute approximate surface area is 189 Å². The second-order valence-electron chi connectivity index (χ2n) is 8.52. The van der Waals surface area contributed by atoms with Gasteiger partial charge in [-0.1, -0.05) is 6.07 Å². The summed E-state index contributed by atoms with van der Waals surface area (Å²) in [5.74, 6) is -0.0377. The van der Waals surface area contributed by atoms with Crippen molar-refractivity contribution in [3.63, 3.8) is 0 Å². The first kappa shape index (κ1) is 19.7. The Morgan fingerprint density at radius 2 is 2.12 bits per heavy atom. The van der Waals surface area contributed by atoms with Gasteiger partial charge in [-0.05, 0) is 55.7 Å². The fraction of sp³-hybridized carbons (Fsp3) is 0.240. The van der Waals surface area contributed by atoms with Gasteiger partial charge in [0.2, 0.25) is 0 Å². The number of aromatic nitrogens is 4. The highest BCUT2D eigenvalue weighted by Gasteiger charge is 2.26. The number of nitrogens with one attached hydrogen (secondary N) is 1. The van der Waals surface area contributed by atoms with E-state index in [2.05, 4.69) is 15.4 Å². The molecule has 1 aliphatic carbocycles. The largest absolute Gasteiger partial charge is 0.489 e. The summed E-state index contributed by atoms with van der Waals surface area (Å²) in [7, 11) is 0. The molecule has 166 valence electrons. The number of aryl methyl sites for hydroxylation is 1. The smallest absolute Gasteiger partial charge is 0.258 e. The van der Waals surface area contributed by atoms with E-state index < -0.39 is 11.7 Å². The number of carbonyl (C=O) groups is 1. The summed E-state index contributed by atoms with van der Waals surface area (Å²) < 4.78 is 24.5. The maximum atomic E-state index is 14.9. The summed E-state index contributed by atoms with van der Waals surface area (Å²) >= 11 is 0. The van der Waals surface area contributed by atoms with E-state index in [1.54, 1.807) is 24.7 Å². The maximum Gasteiger partial charge on any atom is 0.258 e. The number of amides is 1. The predicted octanol–water partition coefficient (Wildman–Crippen LogP) is 4.71. The number of nitrogens with zero attached hydrogens (tertiary/aromatic N) is 4. The molecule has 0 spiro atoms. The van der Waals surface area contributed by atoms with Crippen LogP contribution in [0.15, 0.2) is 55.1 Å². The fourth-order valence-corrected chi connectivity index (χ4v) is 4.33. The lowest BCUT2D eigenvalue weighted by Gasteiger charge is -2.15. The second-order valence-corrected chi connectivity index (χ2v) is 8.52. The normalized spacial score (nSPS) is 14.7. The Hall–Kier alpha value is -3.94. The maximum absolute atomic E-state index is 14.9. The standard InChI is InChI=1S/C25H22FN5O2/c1-15-11-19(26)18(12-23(15)30-13-21(27-14-30)16-5-6-16)25(32)29-20-4-2-3-17-22-7-8-28-31(22)9-10-33-24(17)20/h2-4,7-8,11-14,16H,5-6,9-10H2,1H3,(H,29,32). The number of benzene rings is 2. The van der Waals surface area contributed by atoms with Crippen molar-refractivity contribution >= 4 is 11.6 Å². The number of halogens is 1. The number of carbonyl (C=O) groups excluding carboxylic acids is 1. The van der Waals surface area contributed by atoms with E-state index in [1.807, 2.05) is 40.6 Å². The van der Waals surface area contributed by atoms with Crippen LogP contribution in [0, 0.1) is 12.7 Å². The minimum Gasteiger partial charge on any atom is -0.489 e. The lowest BCUT2D eigenvalue weighted by Crippen LogP contribution is -2.16. The monoisotopic (exact) mass is 443 g/mol. The summed E-state index contributed by atoms with van der Waals surface area (Å²) in [5, 5.41) is 7.17. The van der Waals surface area contributed by atoms with Gasteiger partial charge in [0, 0.05) is 23.9 Å². The highest BCUT2D eigenvalue weighted by Crippen LogP contribution is 2.40. The molecule has 0 radical (unpaired) electrons. The molecule has 0 bridgehead atoms. The van der Waals surface area contributed by atoms with Crippen molar-refractivity contribution in [1.82, 2.24) is 19.3 Å². The van der Waals surface area contributed by atoms with E-state index in [4.69, 9.17) is 4.74 Å². The van der Waals surface area contributed by atoms with Gasteiger partial charge in [0.15, 0.2) is 5.75 Å². The summed E-state index contributed by atoms with van der Waals surface area (Å²) in [4.78, 5) is 17.6. The Morgan fingerprint density at radius 3 is 2.97 bits per heavy atom. The van der Waals surface area contributed by atoms with E-state index in [0.717, 1.165) is 41.0 Å². The number of rotatable bonds is 4. The molecule has 1 amide bonds. The molecule has 2 aliphatic rings. The van der Waals surface area contributed by atoms with Crippen LogP contribution in [0.1, 0.15) is 40.4 Å². The van der Waals surface area contributed by atoms with Gasteiger partial charge in [-0.3, -0.25) is 9.48 Å². The molecule has 3 heterocycles. The third-order valence-corrected chi connectivity index (χ3v) is 6.21. The zero-order valence-corrected chi connectivity index (χ0v) is 18.1. The molecule has 2 aromatic carbocycles. The number of hydrogen-bond donors (Lipinski definition) is 1. The van der Waals surface area contributed by atoms with Crippen LogP contribution >= 0.6 is 0 Å². The van der Waals surface area contributed by atoms with Gasteiger partial charge < -0.3 is 14.6 Å². The van der Waals surface area contributed by atoms with Gasteiger partial charge in [0.05, 0.1) is 41.2 Å². The molecule has 1 aliphatic heterocycles. The molecule has 0 saturated heterocycles. The van der Waals surface area contributed by atoms with Crippen molar-refractivity contribution in [1.29, 1.82) is 0 Å². The number of ether oxygens (including phenoxy) is 1. The second kappa shape index (κ2) is 7.58. The van der Waals surface area contributed by atoms with Crippen molar-refractivity contribution in [2.45, 2.75) is 32.2 Å². The Balaban J connectivity index is 1.34. The van der Waals surface area contributed by atoms with Gasteiger partial charge in [0.25, 0.3) is 5.91 Å². The van der Waals surface area contributed by atoms with Crippen molar-refractivity contribution in [2.24, 2.45) is 0 Å². The van der Waals surface area contributed by atoms with Crippen molar-refractivity contribution < 1.29 is 13.9 Å². The highest BCUT2D eigenvalue weighted by molar-refractivity contribution is 6.06. The number of anilines is 1. The van der Waals surface area contributed by atoms with E-state index in [1.165, 1.54) is 6.07 Å². The number of para-hydroxylation sites is 1. The Morgan fingerprint density at radius 1 is 1.24 bits per heavy atom. The zero-order valence-electron chi connectivity index (χ0n) is 18.1. The van der Waals surface area contributed by atoms with Crippen LogP contribution < -0.4 is 10.1 Å². The topological polar surface area (TPSA) is 74.0 Å². The average Bonchev–Trinajstić information content (AvgIpc) is 3.41. The molecule has 0 unspecified atom stereocenters. The van der Waals surface area contributed by atoms with Gasteiger partial charge in [-0.2, -0.15) is 5.10 Å². The number of imidazole rings is 1. The van der Waals surface area contributed by atoms with Crippen molar-refractivity contribution in [3.05, 3.63) is 77.8 Å². The van der Waals surface area contributed by atoms with Crippen LogP contribution in [0.4, 0.5) is 10.1 Å². The fourth-order valence-electron chi connectivity index (χ4n) is 4.33. The van der Waals surface area contributed by atoms with E-state index in [-0.39, 0.29) is 5.56 Å². The molecule has 33 heavy (non-hydrogen) atoms. The van der Waals surface area contributed by atoms with Crippen molar-refractivity contribution in [2.75, 3.05) is 11.9 Å². The zero-order chi connectivity index (χ0) is 22.5. The van der Waals surface area contributed by atoms with Crippen molar-refractivity contribution in [3.8, 4) is 22.7 Å². The number of hydrogen-bond acceptors (Lipinski definition) is 4. The molecule has 6 rings (SSSR count). The molecule has 1 N–H and O–H groups in total. The highest BCUT2D eigenvalue weighted by atomic mass is 19.1. The Kier molecular flexibility index (Phi) is 4.53. The summed E-state index contributed by atoms with van der Waals surface area (Å²) in [5.41, 5.74) is 4.70. The average molecular weight is 443 g/mol. The number of fused-ring (bicyclic) bond motifs is 3. The molecule has 0 atom stereocenters. The summed E-state index contributed by atoms with van der Waals surface area (Å²) in [6.45, 7) is 2.85. The van der Waals surface area contributed by atoms with Crippen LogP contribution in [-0.2, 0) is 6.54 Å². The third-order valence-electron chi connectivity index (χ3n) is 6.21. The lowest BCUT2D eigenvalue weighted by atomic mass is 10.1. The van der Waals surface area contributed by atoms with E-state index in [9.17, 15) is 9.18 Å². The molecule has 7 nitrogen and oxygen atoms in total. The molecule has 2 aromatic heterocycles. The minimum atomic E-state index is -0.572. The van der Waals surface area contributed by atoms with Gasteiger partial charge >= 0.3 is 0 Å². The summed E-state index contributed by atoms with van der Waals surface area (Å²) in [6, 6.07) is 10.4. The van der Waals surface area contributed by atoms with Crippen LogP contribution in [0.5, 0.6) is 5.75 Å². The lowest BCUT2D eigenvalue weighted by molar-refractivity contribution is 0.102. The third kappa shape index (κ3) is 3.47. The van der Waals surface area contributed by atoms with Gasteiger partial charge in [-0.25, -0.2) is 9.37 Å². The molecule has 1 saturated carbocycles. The van der Waals surface area contributed by atoms with Crippen LogP contribution in [0.25, 0.3) is 16.9 Å². The quantitative estimate of drug-likeness (QED) is 0.496. The minimum absolute atomic E-state index is 0.0338. The first-order valence-corrected chi connectivity index (χ1v) is 11.0. The summed E-state index contributed by atoms with van der Waals surface area (Å²) in [6.07, 6.45) is 7.73. The molecular weight excluding hydrogens is 421 g/mol. The van der Waals surface area contributed by atoms with E-state index in [0.29, 0.717) is 30.5 Å². The van der Waals surface area contributed by atoms with E-state index >= 15 is 0 Å². The SMILES string of the molecule is Cc1cc(F)c(C(=O)Nc2cccc3c2OCCn2nccc2-3)cc1-n1cnc(C2CC2)c1. The van der Waals surface area contributed by atoms with Crippen LogP contribution in [0.2, 0.25) is 0 Å². The molecule has 1 fully saturated rings. The molecular formula is C25H22FN5O2. The first-order chi connectivity index (χ1) is 16.1.